The highest BCUT2D eigenvalue weighted by atomic mass is 32.1. The molecule has 1 aliphatic heterocycles. The van der Waals surface area contributed by atoms with Crippen molar-refractivity contribution in [1.82, 2.24) is 15.2 Å². The van der Waals surface area contributed by atoms with Gasteiger partial charge in [-0.3, -0.25) is 4.79 Å². The van der Waals surface area contributed by atoms with Gasteiger partial charge in [0.25, 0.3) is 5.91 Å². The minimum atomic E-state index is -0.326. The van der Waals surface area contributed by atoms with Crippen molar-refractivity contribution in [3.8, 4) is 11.5 Å². The fraction of sp³-hybridized carbons (Fsp3) is 0.458. The lowest BCUT2D eigenvalue weighted by atomic mass is 10.0. The Morgan fingerprint density at radius 3 is 2.65 bits per heavy atom. The van der Waals surface area contributed by atoms with Gasteiger partial charge in [-0.15, -0.1) is 11.3 Å². The highest BCUT2D eigenvalue weighted by Gasteiger charge is 2.35. The standard InChI is InChI=1S/C24H32N4O5S/c1-5-10-25-24(30)27(11-12-31-2)16-23(29)28-19(15-18(26-28)22-7-6-13-34-22)17-8-9-20(32-3)21(14-17)33-4/h6-9,13-14,19H,5,10-12,15-16H2,1-4H3,(H,25,30)/t19-/m1/s1. The zero-order valence-corrected chi connectivity index (χ0v) is 20.9. The van der Waals surface area contributed by atoms with Gasteiger partial charge in [-0.25, -0.2) is 9.80 Å². The Morgan fingerprint density at radius 1 is 1.21 bits per heavy atom. The average molecular weight is 489 g/mol. The minimum Gasteiger partial charge on any atom is -0.493 e. The lowest BCUT2D eigenvalue weighted by Crippen LogP contribution is -2.47. The van der Waals surface area contributed by atoms with Crippen molar-refractivity contribution in [2.24, 2.45) is 5.10 Å². The van der Waals surface area contributed by atoms with E-state index >= 15 is 0 Å². The van der Waals surface area contributed by atoms with Gasteiger partial charge in [-0.05, 0) is 35.6 Å². The zero-order valence-electron chi connectivity index (χ0n) is 20.1. The molecule has 0 bridgehead atoms. The Labute approximate surface area is 204 Å². The van der Waals surface area contributed by atoms with Crippen LogP contribution >= 0.6 is 11.3 Å². The molecule has 1 atom stereocenters. The lowest BCUT2D eigenvalue weighted by molar-refractivity contribution is -0.133. The normalized spacial score (nSPS) is 15.1. The van der Waals surface area contributed by atoms with Crippen molar-refractivity contribution in [1.29, 1.82) is 0 Å². The molecule has 0 unspecified atom stereocenters. The number of rotatable bonds is 11. The fourth-order valence-electron chi connectivity index (χ4n) is 3.68. The van der Waals surface area contributed by atoms with Gasteiger partial charge in [0.15, 0.2) is 11.5 Å². The molecule has 10 heteroatoms. The van der Waals surface area contributed by atoms with Crippen LogP contribution in [0.4, 0.5) is 4.79 Å². The molecule has 2 aromatic rings. The molecule has 34 heavy (non-hydrogen) atoms. The van der Waals surface area contributed by atoms with Gasteiger partial charge in [-0.2, -0.15) is 5.10 Å². The molecule has 0 radical (unpaired) electrons. The number of urea groups is 1. The van der Waals surface area contributed by atoms with Crippen LogP contribution in [0, 0.1) is 0 Å². The quantitative estimate of drug-likeness (QED) is 0.523. The third-order valence-corrected chi connectivity index (χ3v) is 6.39. The molecule has 1 aliphatic rings. The van der Waals surface area contributed by atoms with Crippen molar-refractivity contribution < 1.29 is 23.8 Å². The second-order valence-electron chi connectivity index (χ2n) is 7.74. The molecule has 1 aromatic heterocycles. The van der Waals surface area contributed by atoms with E-state index in [0.29, 0.717) is 37.6 Å². The number of nitrogens with zero attached hydrogens (tertiary/aromatic N) is 3. The van der Waals surface area contributed by atoms with Crippen LogP contribution in [-0.4, -0.2) is 75.1 Å². The Morgan fingerprint density at radius 2 is 2.00 bits per heavy atom. The van der Waals surface area contributed by atoms with E-state index in [9.17, 15) is 9.59 Å². The van der Waals surface area contributed by atoms with E-state index in [1.165, 1.54) is 9.91 Å². The molecule has 0 spiro atoms. The first-order valence-corrected chi connectivity index (χ1v) is 12.1. The predicted octanol–water partition coefficient (Wildman–Crippen LogP) is 3.51. The zero-order chi connectivity index (χ0) is 24.5. The number of hydrazone groups is 1. The number of carbonyl (C=O) groups is 2. The summed E-state index contributed by atoms with van der Waals surface area (Å²) in [4.78, 5) is 28.6. The molecule has 1 N–H and O–H groups in total. The fourth-order valence-corrected chi connectivity index (χ4v) is 4.41. The first kappa shape index (κ1) is 25.5. The second kappa shape index (κ2) is 12.4. The maximum atomic E-state index is 13.5. The Hall–Kier alpha value is -3.11. The first-order chi connectivity index (χ1) is 16.5. The average Bonchev–Trinajstić information content (AvgIpc) is 3.54. The number of methoxy groups -OCH3 is 3. The summed E-state index contributed by atoms with van der Waals surface area (Å²) in [6.45, 7) is 3.03. The van der Waals surface area contributed by atoms with Gasteiger partial charge >= 0.3 is 6.03 Å². The Kier molecular flexibility index (Phi) is 9.29. The van der Waals surface area contributed by atoms with Crippen LogP contribution in [0.2, 0.25) is 0 Å². The largest absolute Gasteiger partial charge is 0.493 e. The number of hydrogen-bond donors (Lipinski definition) is 1. The number of ether oxygens (including phenoxy) is 3. The minimum absolute atomic E-state index is 0.107. The molecule has 0 fully saturated rings. The molecule has 0 aliphatic carbocycles. The van der Waals surface area contributed by atoms with E-state index in [2.05, 4.69) is 5.32 Å². The lowest BCUT2D eigenvalue weighted by Gasteiger charge is -2.27. The SMILES string of the molecule is CCCNC(=O)N(CCOC)CC(=O)N1N=C(c2cccs2)C[C@@H]1c1ccc(OC)c(OC)c1. The van der Waals surface area contributed by atoms with Gasteiger partial charge < -0.3 is 24.4 Å². The van der Waals surface area contributed by atoms with E-state index in [1.54, 1.807) is 32.7 Å². The van der Waals surface area contributed by atoms with Crippen LogP contribution < -0.4 is 14.8 Å². The highest BCUT2D eigenvalue weighted by molar-refractivity contribution is 7.12. The Bertz CT molecular complexity index is 995. The van der Waals surface area contributed by atoms with Gasteiger partial charge in [0.1, 0.15) is 6.54 Å². The van der Waals surface area contributed by atoms with Crippen LogP contribution in [-0.2, 0) is 9.53 Å². The van der Waals surface area contributed by atoms with Crippen molar-refractivity contribution in [2.45, 2.75) is 25.8 Å². The maximum absolute atomic E-state index is 13.5. The van der Waals surface area contributed by atoms with E-state index in [1.807, 2.05) is 42.6 Å². The van der Waals surface area contributed by atoms with Crippen molar-refractivity contribution in [3.05, 3.63) is 46.2 Å². The second-order valence-corrected chi connectivity index (χ2v) is 8.69. The van der Waals surface area contributed by atoms with Crippen LogP contribution in [0.5, 0.6) is 11.5 Å². The van der Waals surface area contributed by atoms with E-state index in [-0.39, 0.29) is 24.5 Å². The van der Waals surface area contributed by atoms with Crippen LogP contribution in [0.15, 0.2) is 40.8 Å². The number of hydrogen-bond acceptors (Lipinski definition) is 7. The van der Waals surface area contributed by atoms with Crippen LogP contribution in [0.25, 0.3) is 0 Å². The van der Waals surface area contributed by atoms with Gasteiger partial charge in [-0.1, -0.05) is 19.1 Å². The highest BCUT2D eigenvalue weighted by Crippen LogP contribution is 2.37. The molecule has 2 heterocycles. The molecule has 3 amide bonds. The summed E-state index contributed by atoms with van der Waals surface area (Å²) in [5.74, 6) is 0.923. The molecular weight excluding hydrogens is 456 g/mol. The third-order valence-electron chi connectivity index (χ3n) is 5.47. The molecule has 0 saturated heterocycles. The van der Waals surface area contributed by atoms with Crippen molar-refractivity contribution in [3.63, 3.8) is 0 Å². The maximum Gasteiger partial charge on any atom is 0.317 e. The number of nitrogens with one attached hydrogen (secondary N) is 1. The summed E-state index contributed by atoms with van der Waals surface area (Å²) in [6, 6.07) is 8.94. The molecular formula is C24H32N4O5S. The van der Waals surface area contributed by atoms with E-state index in [0.717, 1.165) is 22.6 Å². The van der Waals surface area contributed by atoms with Crippen molar-refractivity contribution in [2.75, 3.05) is 47.6 Å². The molecule has 3 rings (SSSR count). The molecule has 184 valence electrons. The summed E-state index contributed by atoms with van der Waals surface area (Å²) in [5.41, 5.74) is 1.71. The molecule has 0 saturated carbocycles. The van der Waals surface area contributed by atoms with Gasteiger partial charge in [0.05, 0.1) is 37.5 Å². The predicted molar refractivity (Wildman–Crippen MR) is 132 cm³/mol. The van der Waals surface area contributed by atoms with Gasteiger partial charge in [0, 0.05) is 26.6 Å². The third kappa shape index (κ3) is 6.06. The smallest absolute Gasteiger partial charge is 0.317 e. The summed E-state index contributed by atoms with van der Waals surface area (Å²) < 4.78 is 16.0. The summed E-state index contributed by atoms with van der Waals surface area (Å²) >= 11 is 1.58. The van der Waals surface area contributed by atoms with E-state index < -0.39 is 0 Å². The van der Waals surface area contributed by atoms with Crippen molar-refractivity contribution >= 4 is 29.0 Å². The summed E-state index contributed by atoms with van der Waals surface area (Å²) in [6.07, 6.45) is 1.36. The number of benzene rings is 1. The molecule has 9 nitrogen and oxygen atoms in total. The van der Waals surface area contributed by atoms with E-state index in [4.69, 9.17) is 19.3 Å². The summed E-state index contributed by atoms with van der Waals surface area (Å²) in [5, 5.41) is 11.0. The number of thiophene rings is 1. The Balaban J connectivity index is 1.88. The first-order valence-electron chi connectivity index (χ1n) is 11.2. The monoisotopic (exact) mass is 488 g/mol. The number of carbonyl (C=O) groups excluding carboxylic acids is 2. The van der Waals surface area contributed by atoms with Gasteiger partial charge in [0.2, 0.25) is 0 Å². The van der Waals surface area contributed by atoms with Crippen LogP contribution in [0.1, 0.15) is 36.2 Å². The molecule has 1 aromatic carbocycles. The van der Waals surface area contributed by atoms with Crippen LogP contribution in [0.3, 0.4) is 0 Å². The topological polar surface area (TPSA) is 92.7 Å². The number of amides is 3. The summed E-state index contributed by atoms with van der Waals surface area (Å²) in [7, 11) is 4.73.